The summed E-state index contributed by atoms with van der Waals surface area (Å²) in [5.41, 5.74) is 0.351. The molecule has 1 aliphatic heterocycles. The molecular weight excluding hydrogens is 345 g/mol. The lowest BCUT2D eigenvalue weighted by Crippen LogP contribution is -2.50. The second-order valence-electron chi connectivity index (χ2n) is 5.64. The third-order valence-electron chi connectivity index (χ3n) is 3.87. The minimum atomic E-state index is -0.649. The number of nitrogens with zero attached hydrogens (tertiary/aromatic N) is 2. The second-order valence-corrected chi connectivity index (χ2v) is 6.67. The number of hydrogen-bond donors (Lipinski definition) is 1. The molecule has 1 fully saturated rings. The Labute approximate surface area is 148 Å². The van der Waals surface area contributed by atoms with Crippen LogP contribution in [0.25, 0.3) is 10.6 Å². The van der Waals surface area contributed by atoms with Crippen molar-refractivity contribution in [1.82, 2.24) is 15.2 Å². The number of hydrogen-bond acceptors (Lipinski definition) is 5. The molecule has 0 bridgehead atoms. The first-order chi connectivity index (χ1) is 12.1. The van der Waals surface area contributed by atoms with Crippen molar-refractivity contribution in [3.8, 4) is 10.6 Å². The summed E-state index contributed by atoms with van der Waals surface area (Å²) in [6.45, 7) is 3.71. The zero-order valence-electron chi connectivity index (χ0n) is 13.7. The van der Waals surface area contributed by atoms with E-state index in [0.717, 1.165) is 11.3 Å². The van der Waals surface area contributed by atoms with E-state index in [9.17, 15) is 14.0 Å². The van der Waals surface area contributed by atoms with Crippen LogP contribution in [0.4, 0.5) is 4.39 Å². The lowest BCUT2D eigenvalue weighted by Gasteiger charge is -2.29. The molecule has 132 valence electrons. The van der Waals surface area contributed by atoms with Gasteiger partial charge in [-0.05, 0) is 19.1 Å². The number of aromatic nitrogens is 1. The molecule has 2 heterocycles. The van der Waals surface area contributed by atoms with E-state index in [1.807, 2.05) is 0 Å². The zero-order chi connectivity index (χ0) is 17.8. The average molecular weight is 363 g/mol. The van der Waals surface area contributed by atoms with Gasteiger partial charge in [-0.2, -0.15) is 0 Å². The van der Waals surface area contributed by atoms with E-state index in [1.165, 1.54) is 12.3 Å². The Morgan fingerprint density at radius 3 is 2.76 bits per heavy atom. The Kier molecular flexibility index (Phi) is 5.40. The van der Waals surface area contributed by atoms with Gasteiger partial charge in [0.15, 0.2) is 0 Å². The highest BCUT2D eigenvalue weighted by atomic mass is 32.1. The molecule has 3 rings (SSSR count). The molecule has 8 heteroatoms. The summed E-state index contributed by atoms with van der Waals surface area (Å²) < 4.78 is 19.0. The topological polar surface area (TPSA) is 71.5 Å². The third-order valence-corrected chi connectivity index (χ3v) is 4.90. The number of ether oxygens (including phenoxy) is 1. The van der Waals surface area contributed by atoms with E-state index in [-0.39, 0.29) is 11.7 Å². The largest absolute Gasteiger partial charge is 0.378 e. The fraction of sp³-hybridized carbons (Fsp3) is 0.353. The Bertz CT molecular complexity index is 774. The predicted octanol–water partition coefficient (Wildman–Crippen LogP) is 1.93. The van der Waals surface area contributed by atoms with Crippen LogP contribution in [-0.4, -0.2) is 54.0 Å². The minimum Gasteiger partial charge on any atom is -0.378 e. The van der Waals surface area contributed by atoms with Gasteiger partial charge in [0.1, 0.15) is 21.7 Å². The number of thiazole rings is 1. The number of nitrogens with one attached hydrogen (secondary N) is 1. The molecule has 0 spiro atoms. The average Bonchev–Trinajstić information content (AvgIpc) is 3.12. The summed E-state index contributed by atoms with van der Waals surface area (Å²) in [5, 5.41) is 3.10. The molecule has 2 amide bonds. The highest BCUT2D eigenvalue weighted by molar-refractivity contribution is 7.16. The van der Waals surface area contributed by atoms with E-state index in [4.69, 9.17) is 4.74 Å². The van der Waals surface area contributed by atoms with Crippen LogP contribution < -0.4 is 5.32 Å². The van der Waals surface area contributed by atoms with Gasteiger partial charge in [-0.25, -0.2) is 9.37 Å². The van der Waals surface area contributed by atoms with Gasteiger partial charge in [-0.15, -0.1) is 11.3 Å². The highest BCUT2D eigenvalue weighted by Gasteiger charge is 2.24. The molecule has 0 radical (unpaired) electrons. The molecule has 1 aromatic carbocycles. The summed E-state index contributed by atoms with van der Waals surface area (Å²) in [7, 11) is 0. The molecule has 0 aliphatic carbocycles. The molecule has 25 heavy (non-hydrogen) atoms. The molecule has 1 saturated heterocycles. The lowest BCUT2D eigenvalue weighted by molar-refractivity contribution is -0.136. The zero-order valence-corrected chi connectivity index (χ0v) is 14.5. The Morgan fingerprint density at radius 1 is 1.32 bits per heavy atom. The number of amides is 2. The molecule has 1 unspecified atom stereocenters. The fourth-order valence-corrected chi connectivity index (χ4v) is 3.37. The van der Waals surface area contributed by atoms with Gasteiger partial charge in [0.25, 0.3) is 5.91 Å². The molecule has 1 N–H and O–H groups in total. The first-order valence-corrected chi connectivity index (χ1v) is 8.76. The van der Waals surface area contributed by atoms with Crippen LogP contribution in [0.15, 0.2) is 30.5 Å². The van der Waals surface area contributed by atoms with Gasteiger partial charge < -0.3 is 15.0 Å². The maximum atomic E-state index is 13.8. The Morgan fingerprint density at radius 2 is 2.04 bits per heavy atom. The van der Waals surface area contributed by atoms with Gasteiger partial charge in [-0.3, -0.25) is 9.59 Å². The molecule has 1 aromatic heterocycles. The van der Waals surface area contributed by atoms with E-state index in [2.05, 4.69) is 10.3 Å². The van der Waals surface area contributed by atoms with Gasteiger partial charge in [-0.1, -0.05) is 12.1 Å². The monoisotopic (exact) mass is 363 g/mol. The number of carbonyl (C=O) groups is 2. The first-order valence-electron chi connectivity index (χ1n) is 7.94. The number of halogens is 1. The number of morpholine rings is 1. The van der Waals surface area contributed by atoms with Crippen LogP contribution >= 0.6 is 11.3 Å². The maximum Gasteiger partial charge on any atom is 0.263 e. The van der Waals surface area contributed by atoms with Crippen LogP contribution in [-0.2, 0) is 9.53 Å². The van der Waals surface area contributed by atoms with Crippen molar-refractivity contribution in [1.29, 1.82) is 0 Å². The SMILES string of the molecule is CC(NC(=O)c1cnc(-c2ccccc2F)s1)C(=O)N1CCOCC1. The molecule has 1 atom stereocenters. The van der Waals surface area contributed by atoms with Crippen LogP contribution in [0, 0.1) is 5.82 Å². The molecule has 6 nitrogen and oxygen atoms in total. The highest BCUT2D eigenvalue weighted by Crippen LogP contribution is 2.27. The smallest absolute Gasteiger partial charge is 0.263 e. The van der Waals surface area contributed by atoms with Crippen LogP contribution in [0.2, 0.25) is 0 Å². The summed E-state index contributed by atoms with van der Waals surface area (Å²) >= 11 is 1.09. The van der Waals surface area contributed by atoms with Crippen molar-refractivity contribution in [3.63, 3.8) is 0 Å². The summed E-state index contributed by atoms with van der Waals surface area (Å²) in [6.07, 6.45) is 1.40. The van der Waals surface area contributed by atoms with E-state index < -0.39 is 11.9 Å². The molecule has 2 aromatic rings. The van der Waals surface area contributed by atoms with E-state index >= 15 is 0 Å². The molecule has 1 aliphatic rings. The summed E-state index contributed by atoms with van der Waals surface area (Å²) in [6, 6.07) is 5.62. The van der Waals surface area contributed by atoms with Gasteiger partial charge in [0.05, 0.1) is 19.4 Å². The lowest BCUT2D eigenvalue weighted by atomic mass is 10.2. The number of carbonyl (C=O) groups excluding carboxylic acids is 2. The summed E-state index contributed by atoms with van der Waals surface area (Å²) in [4.78, 5) is 30.8. The normalized spacial score (nSPS) is 15.7. The van der Waals surface area contributed by atoms with Crippen molar-refractivity contribution in [3.05, 3.63) is 41.2 Å². The number of benzene rings is 1. The number of rotatable bonds is 4. The maximum absolute atomic E-state index is 13.8. The standard InChI is InChI=1S/C17H18FN3O3S/c1-11(17(23)21-6-8-24-9-7-21)20-15(22)14-10-19-16(25-14)12-4-2-3-5-13(12)18/h2-5,10-11H,6-9H2,1H3,(H,20,22). The first kappa shape index (κ1) is 17.5. The fourth-order valence-electron chi connectivity index (χ4n) is 2.53. The van der Waals surface area contributed by atoms with E-state index in [1.54, 1.807) is 30.0 Å². The molecular formula is C17H18FN3O3S. The second kappa shape index (κ2) is 7.71. The van der Waals surface area contributed by atoms with Gasteiger partial charge in [0, 0.05) is 18.7 Å². The van der Waals surface area contributed by atoms with E-state index in [0.29, 0.717) is 41.8 Å². The molecule has 0 saturated carbocycles. The quantitative estimate of drug-likeness (QED) is 0.901. The summed E-state index contributed by atoms with van der Waals surface area (Å²) in [5.74, 6) is -0.927. The van der Waals surface area contributed by atoms with Crippen molar-refractivity contribution >= 4 is 23.2 Å². The van der Waals surface area contributed by atoms with Crippen molar-refractivity contribution in [2.75, 3.05) is 26.3 Å². The van der Waals surface area contributed by atoms with Crippen molar-refractivity contribution in [2.24, 2.45) is 0 Å². The van der Waals surface area contributed by atoms with Gasteiger partial charge in [0.2, 0.25) is 5.91 Å². The Hall–Kier alpha value is -2.32. The minimum absolute atomic E-state index is 0.143. The predicted molar refractivity (Wildman–Crippen MR) is 91.8 cm³/mol. The third kappa shape index (κ3) is 4.02. The van der Waals surface area contributed by atoms with Crippen LogP contribution in [0.1, 0.15) is 16.6 Å². The van der Waals surface area contributed by atoms with Gasteiger partial charge >= 0.3 is 0 Å². The van der Waals surface area contributed by atoms with Crippen molar-refractivity contribution in [2.45, 2.75) is 13.0 Å². The van der Waals surface area contributed by atoms with Crippen LogP contribution in [0.3, 0.4) is 0 Å². The Balaban J connectivity index is 1.65. The van der Waals surface area contributed by atoms with Crippen molar-refractivity contribution < 1.29 is 18.7 Å². The van der Waals surface area contributed by atoms with Crippen LogP contribution in [0.5, 0.6) is 0 Å².